The fraction of sp³-hybridized carbons (Fsp3) is 0.400. The van der Waals surface area contributed by atoms with Gasteiger partial charge in [-0.3, -0.25) is 0 Å². The molecule has 0 fully saturated rings. The van der Waals surface area contributed by atoms with E-state index >= 15 is 0 Å². The van der Waals surface area contributed by atoms with Crippen LogP contribution in [-0.4, -0.2) is 38.5 Å². The number of carbonyl (C=O) groups is 2. The molecule has 1 aromatic heterocycles. The minimum absolute atomic E-state index is 0.131. The van der Waals surface area contributed by atoms with Gasteiger partial charge in [-0.15, -0.1) is 0 Å². The first kappa shape index (κ1) is 20.4. The van der Waals surface area contributed by atoms with E-state index in [1.165, 1.54) is 0 Å². The minimum Gasteiger partial charge on any atom is -0.508 e. The van der Waals surface area contributed by atoms with Gasteiger partial charge in [0.15, 0.2) is 0 Å². The molecule has 0 spiro atoms. The Morgan fingerprint density at radius 1 is 1.19 bits per heavy atom. The highest BCUT2D eigenvalue weighted by atomic mass is 16.6. The molecule has 1 atom stereocenters. The van der Waals surface area contributed by atoms with Crippen molar-refractivity contribution in [2.24, 2.45) is 0 Å². The predicted molar refractivity (Wildman–Crippen MR) is 101 cm³/mol. The molecule has 3 N–H and O–H groups in total. The van der Waals surface area contributed by atoms with Gasteiger partial charge < -0.3 is 24.8 Å². The van der Waals surface area contributed by atoms with E-state index in [-0.39, 0.29) is 12.2 Å². The topological polar surface area (TPSA) is 101 Å². The Bertz CT molecular complexity index is 831. The zero-order chi connectivity index (χ0) is 20.4. The molecule has 0 bridgehead atoms. The first-order valence-electron chi connectivity index (χ1n) is 8.67. The molecule has 1 heterocycles. The number of benzene rings is 1. The van der Waals surface area contributed by atoms with E-state index in [4.69, 9.17) is 4.74 Å². The third-order valence-corrected chi connectivity index (χ3v) is 4.06. The van der Waals surface area contributed by atoms with Crippen LogP contribution in [0.2, 0.25) is 0 Å². The number of aromatic nitrogens is 1. The second-order valence-electron chi connectivity index (χ2n) is 7.49. The van der Waals surface area contributed by atoms with Crippen molar-refractivity contribution in [3.8, 4) is 11.4 Å². The lowest BCUT2D eigenvalue weighted by Crippen LogP contribution is -2.44. The van der Waals surface area contributed by atoms with Gasteiger partial charge in [-0.1, -0.05) is 0 Å². The molecular weight excluding hydrogens is 348 g/mol. The fourth-order valence-corrected chi connectivity index (χ4v) is 2.90. The Balaban J connectivity index is 2.24. The van der Waals surface area contributed by atoms with Crippen LogP contribution in [0, 0.1) is 13.8 Å². The van der Waals surface area contributed by atoms with Crippen molar-refractivity contribution in [1.29, 1.82) is 0 Å². The maximum Gasteiger partial charge on any atom is 0.408 e. The second-order valence-corrected chi connectivity index (χ2v) is 7.49. The summed E-state index contributed by atoms with van der Waals surface area (Å²) in [6.07, 6.45) is -0.631. The van der Waals surface area contributed by atoms with Gasteiger partial charge in [-0.05, 0) is 70.5 Å². The third kappa shape index (κ3) is 5.26. The number of nitrogens with one attached hydrogen (secondary N) is 1. The summed E-state index contributed by atoms with van der Waals surface area (Å²) in [6.45, 7) is 8.96. The number of aliphatic carboxylic acids is 1. The SMILES string of the molecule is Cc1cc(CC(NC(=O)OC(C)(C)C)C(=O)O)c(C)n1-c1ccc(O)cc1. The van der Waals surface area contributed by atoms with Crippen LogP contribution in [0.1, 0.15) is 37.7 Å². The van der Waals surface area contributed by atoms with Gasteiger partial charge in [0.1, 0.15) is 17.4 Å². The molecule has 2 aromatic rings. The van der Waals surface area contributed by atoms with E-state index in [1.54, 1.807) is 45.0 Å². The van der Waals surface area contributed by atoms with Crippen LogP contribution in [-0.2, 0) is 16.0 Å². The average Bonchev–Trinajstić information content (AvgIpc) is 2.80. The molecular formula is C20H26N2O5. The van der Waals surface area contributed by atoms with E-state index in [0.717, 1.165) is 22.6 Å². The molecule has 0 saturated carbocycles. The number of hydrogen-bond donors (Lipinski definition) is 3. The molecule has 0 aliphatic rings. The van der Waals surface area contributed by atoms with Crippen LogP contribution in [0.15, 0.2) is 30.3 Å². The van der Waals surface area contributed by atoms with Gasteiger partial charge in [0.05, 0.1) is 0 Å². The lowest BCUT2D eigenvalue weighted by atomic mass is 10.1. The number of phenols is 1. The molecule has 1 unspecified atom stereocenters. The third-order valence-electron chi connectivity index (χ3n) is 4.06. The highest BCUT2D eigenvalue weighted by molar-refractivity contribution is 5.80. The number of rotatable bonds is 5. The number of phenolic OH excluding ortho intramolecular Hbond substituents is 1. The number of nitrogens with zero attached hydrogens (tertiary/aromatic N) is 1. The normalized spacial score (nSPS) is 12.5. The van der Waals surface area contributed by atoms with Crippen molar-refractivity contribution in [2.75, 3.05) is 0 Å². The summed E-state index contributed by atoms with van der Waals surface area (Å²) in [5.74, 6) is -0.954. The van der Waals surface area contributed by atoms with Crippen LogP contribution in [0.4, 0.5) is 4.79 Å². The van der Waals surface area contributed by atoms with Crippen molar-refractivity contribution in [2.45, 2.75) is 52.7 Å². The van der Waals surface area contributed by atoms with Gasteiger partial charge >= 0.3 is 12.1 Å². The summed E-state index contributed by atoms with van der Waals surface area (Å²) < 4.78 is 7.13. The Hall–Kier alpha value is -2.96. The second kappa shape index (κ2) is 7.73. The molecule has 0 aliphatic carbocycles. The summed E-state index contributed by atoms with van der Waals surface area (Å²) in [5.41, 5.74) is 2.76. The first-order valence-corrected chi connectivity index (χ1v) is 8.67. The highest BCUT2D eigenvalue weighted by Gasteiger charge is 2.25. The van der Waals surface area contributed by atoms with Crippen LogP contribution in [0.25, 0.3) is 5.69 Å². The minimum atomic E-state index is -1.13. The number of carboxylic acid groups (broad SMARTS) is 1. The number of hydrogen-bond acceptors (Lipinski definition) is 4. The number of aromatic hydroxyl groups is 1. The van der Waals surface area contributed by atoms with Crippen molar-refractivity contribution >= 4 is 12.1 Å². The molecule has 0 aliphatic heterocycles. The molecule has 7 nitrogen and oxygen atoms in total. The Morgan fingerprint density at radius 2 is 1.78 bits per heavy atom. The van der Waals surface area contributed by atoms with Gasteiger partial charge in [-0.2, -0.15) is 0 Å². The quantitative estimate of drug-likeness (QED) is 0.745. The molecule has 0 radical (unpaired) electrons. The standard InChI is InChI=1S/C20H26N2O5/c1-12-10-14(13(2)22(12)15-6-8-16(23)9-7-15)11-17(18(24)25)21-19(26)27-20(3,4)5/h6-10,17,23H,11H2,1-5H3,(H,21,26)(H,24,25). The van der Waals surface area contributed by atoms with Crippen LogP contribution in [0.5, 0.6) is 5.75 Å². The Morgan fingerprint density at radius 3 is 2.30 bits per heavy atom. The van der Waals surface area contributed by atoms with E-state index < -0.39 is 23.7 Å². The summed E-state index contributed by atoms with van der Waals surface area (Å²) in [4.78, 5) is 23.6. The smallest absolute Gasteiger partial charge is 0.408 e. The number of alkyl carbamates (subject to hydrolysis) is 1. The van der Waals surface area contributed by atoms with Crippen molar-refractivity contribution in [1.82, 2.24) is 9.88 Å². The maximum absolute atomic E-state index is 11.9. The summed E-state index contributed by atoms with van der Waals surface area (Å²) in [7, 11) is 0. The first-order chi connectivity index (χ1) is 12.5. The summed E-state index contributed by atoms with van der Waals surface area (Å²) in [5, 5.41) is 21.4. The number of ether oxygens (including phenoxy) is 1. The van der Waals surface area contributed by atoms with E-state index in [0.29, 0.717) is 0 Å². The Labute approximate surface area is 158 Å². The van der Waals surface area contributed by atoms with Gasteiger partial charge in [-0.25, -0.2) is 9.59 Å². The summed E-state index contributed by atoms with van der Waals surface area (Å²) in [6, 6.07) is 7.55. The largest absolute Gasteiger partial charge is 0.508 e. The zero-order valence-corrected chi connectivity index (χ0v) is 16.2. The predicted octanol–water partition coefficient (Wildman–Crippen LogP) is 3.32. The molecule has 0 saturated heterocycles. The fourth-order valence-electron chi connectivity index (χ4n) is 2.90. The van der Waals surface area contributed by atoms with Gasteiger partial charge in [0.2, 0.25) is 0 Å². The monoisotopic (exact) mass is 374 g/mol. The van der Waals surface area contributed by atoms with Crippen molar-refractivity contribution < 1.29 is 24.5 Å². The average molecular weight is 374 g/mol. The molecule has 1 aromatic carbocycles. The number of aryl methyl sites for hydroxylation is 1. The molecule has 2 rings (SSSR count). The van der Waals surface area contributed by atoms with Crippen LogP contribution < -0.4 is 5.32 Å². The summed E-state index contributed by atoms with van der Waals surface area (Å²) >= 11 is 0. The number of carboxylic acids is 1. The molecule has 1 amide bonds. The van der Waals surface area contributed by atoms with Crippen molar-refractivity contribution in [3.05, 3.63) is 47.3 Å². The maximum atomic E-state index is 11.9. The lowest BCUT2D eigenvalue weighted by Gasteiger charge is -2.22. The van der Waals surface area contributed by atoms with Crippen LogP contribution >= 0.6 is 0 Å². The van der Waals surface area contributed by atoms with E-state index in [2.05, 4.69) is 5.32 Å². The number of carbonyl (C=O) groups excluding carboxylic acids is 1. The van der Waals surface area contributed by atoms with Gasteiger partial charge in [0, 0.05) is 23.5 Å². The van der Waals surface area contributed by atoms with Crippen LogP contribution in [0.3, 0.4) is 0 Å². The molecule has 7 heteroatoms. The Kier molecular flexibility index (Phi) is 5.83. The van der Waals surface area contributed by atoms with Crippen molar-refractivity contribution in [3.63, 3.8) is 0 Å². The number of amides is 1. The van der Waals surface area contributed by atoms with E-state index in [9.17, 15) is 19.8 Å². The lowest BCUT2D eigenvalue weighted by molar-refractivity contribution is -0.139. The highest BCUT2D eigenvalue weighted by Crippen LogP contribution is 2.23. The molecule has 27 heavy (non-hydrogen) atoms. The van der Waals surface area contributed by atoms with E-state index in [1.807, 2.05) is 24.5 Å². The molecule has 146 valence electrons. The zero-order valence-electron chi connectivity index (χ0n) is 16.2. The van der Waals surface area contributed by atoms with Gasteiger partial charge in [0.25, 0.3) is 0 Å².